The highest BCUT2D eigenvalue weighted by molar-refractivity contribution is 5.83. The van der Waals surface area contributed by atoms with Crippen LogP contribution in [-0.4, -0.2) is 23.1 Å². The molecule has 0 bridgehead atoms. The molecule has 2 aliphatic carbocycles. The van der Waals surface area contributed by atoms with Crippen LogP contribution in [0.1, 0.15) is 52.4 Å². The minimum atomic E-state index is -0.902. The van der Waals surface area contributed by atoms with Crippen molar-refractivity contribution in [3.05, 3.63) is 12.2 Å². The Kier molecular flexibility index (Phi) is 4.51. The van der Waals surface area contributed by atoms with E-state index in [-0.39, 0.29) is 12.1 Å². The summed E-state index contributed by atoms with van der Waals surface area (Å²) >= 11 is 0. The van der Waals surface area contributed by atoms with Crippen molar-refractivity contribution >= 4 is 11.9 Å². The maximum atomic E-state index is 12.2. The highest BCUT2D eigenvalue weighted by Gasteiger charge is 2.36. The zero-order chi connectivity index (χ0) is 14.8. The second-order valence-electron chi connectivity index (χ2n) is 6.78. The first kappa shape index (κ1) is 15.1. The molecular weight excluding hydrogens is 256 g/mol. The fourth-order valence-electron chi connectivity index (χ4n) is 3.09. The number of hydrogen-bond acceptors (Lipinski definition) is 3. The molecule has 112 valence electrons. The number of ether oxygens (including phenoxy) is 1. The van der Waals surface area contributed by atoms with E-state index in [9.17, 15) is 14.7 Å². The second-order valence-corrected chi connectivity index (χ2v) is 6.78. The van der Waals surface area contributed by atoms with E-state index in [1.54, 1.807) is 6.08 Å². The van der Waals surface area contributed by atoms with Gasteiger partial charge in [0.25, 0.3) is 0 Å². The third-order valence-corrected chi connectivity index (χ3v) is 4.58. The average molecular weight is 280 g/mol. The lowest BCUT2D eigenvalue weighted by atomic mass is 9.76. The van der Waals surface area contributed by atoms with Crippen LogP contribution >= 0.6 is 0 Å². The molecule has 2 aliphatic rings. The molecule has 1 saturated carbocycles. The first-order valence-electron chi connectivity index (χ1n) is 7.49. The van der Waals surface area contributed by atoms with E-state index in [0.717, 1.165) is 32.1 Å². The number of carboxylic acids is 1. The van der Waals surface area contributed by atoms with Gasteiger partial charge in [0.15, 0.2) is 0 Å². The van der Waals surface area contributed by atoms with Crippen molar-refractivity contribution in [2.24, 2.45) is 17.3 Å². The van der Waals surface area contributed by atoms with Crippen LogP contribution in [0.3, 0.4) is 0 Å². The Balaban J connectivity index is 1.92. The fourth-order valence-corrected chi connectivity index (χ4v) is 3.09. The van der Waals surface area contributed by atoms with Gasteiger partial charge in [0.05, 0.1) is 11.8 Å². The Hall–Kier alpha value is -1.32. The minimum absolute atomic E-state index is 0.0414. The van der Waals surface area contributed by atoms with Crippen molar-refractivity contribution < 1.29 is 19.4 Å². The van der Waals surface area contributed by atoms with E-state index < -0.39 is 17.8 Å². The predicted octanol–water partition coefficient (Wildman–Crippen LogP) is 3.17. The molecule has 2 unspecified atom stereocenters. The molecule has 0 radical (unpaired) electrons. The molecule has 4 nitrogen and oxygen atoms in total. The van der Waals surface area contributed by atoms with Crippen LogP contribution in [0.5, 0.6) is 0 Å². The quantitative estimate of drug-likeness (QED) is 0.637. The highest BCUT2D eigenvalue weighted by atomic mass is 16.5. The molecule has 0 aromatic heterocycles. The number of carbonyl (C=O) groups is 2. The number of carboxylic acid groups (broad SMARTS) is 1. The predicted molar refractivity (Wildman–Crippen MR) is 75.1 cm³/mol. The SMILES string of the molecule is CC1(C)CCC(OC(=O)C2C=CCCC2C(=O)O)CC1. The molecular formula is C16H24O4. The Morgan fingerprint density at radius 1 is 1.20 bits per heavy atom. The zero-order valence-corrected chi connectivity index (χ0v) is 12.3. The van der Waals surface area contributed by atoms with Gasteiger partial charge >= 0.3 is 11.9 Å². The van der Waals surface area contributed by atoms with Crippen LogP contribution in [-0.2, 0) is 14.3 Å². The van der Waals surface area contributed by atoms with Gasteiger partial charge in [0, 0.05) is 0 Å². The van der Waals surface area contributed by atoms with Crippen LogP contribution < -0.4 is 0 Å². The lowest BCUT2D eigenvalue weighted by molar-refractivity contribution is -0.162. The monoisotopic (exact) mass is 280 g/mol. The van der Waals surface area contributed by atoms with Gasteiger partial charge in [-0.1, -0.05) is 26.0 Å². The zero-order valence-electron chi connectivity index (χ0n) is 12.3. The van der Waals surface area contributed by atoms with Gasteiger partial charge in [-0.15, -0.1) is 0 Å². The van der Waals surface area contributed by atoms with Crippen LogP contribution in [0.4, 0.5) is 0 Å². The van der Waals surface area contributed by atoms with Crippen molar-refractivity contribution in [1.29, 1.82) is 0 Å². The Bertz CT molecular complexity index is 401. The summed E-state index contributed by atoms with van der Waals surface area (Å²) < 4.78 is 5.55. The van der Waals surface area contributed by atoms with Gasteiger partial charge in [-0.3, -0.25) is 9.59 Å². The van der Waals surface area contributed by atoms with Crippen LogP contribution in [0.25, 0.3) is 0 Å². The van der Waals surface area contributed by atoms with E-state index in [0.29, 0.717) is 11.8 Å². The van der Waals surface area contributed by atoms with Crippen LogP contribution in [0.2, 0.25) is 0 Å². The number of carbonyl (C=O) groups excluding carboxylic acids is 1. The topological polar surface area (TPSA) is 63.6 Å². The summed E-state index contributed by atoms with van der Waals surface area (Å²) in [5, 5.41) is 9.19. The molecule has 2 atom stereocenters. The van der Waals surface area contributed by atoms with E-state index in [2.05, 4.69) is 13.8 Å². The van der Waals surface area contributed by atoms with Crippen molar-refractivity contribution in [3.8, 4) is 0 Å². The number of esters is 1. The summed E-state index contributed by atoms with van der Waals surface area (Å²) in [7, 11) is 0. The third kappa shape index (κ3) is 3.62. The molecule has 0 aliphatic heterocycles. The van der Waals surface area contributed by atoms with Gasteiger partial charge in [-0.05, 0) is 43.9 Å². The summed E-state index contributed by atoms with van der Waals surface area (Å²) in [5.41, 5.74) is 0.331. The number of aliphatic carboxylic acids is 1. The van der Waals surface area contributed by atoms with Gasteiger partial charge < -0.3 is 9.84 Å². The average Bonchev–Trinajstić information content (AvgIpc) is 2.41. The summed E-state index contributed by atoms with van der Waals surface area (Å²) in [4.78, 5) is 23.4. The molecule has 0 saturated heterocycles. The molecule has 0 heterocycles. The number of allylic oxidation sites excluding steroid dienone is 1. The Morgan fingerprint density at radius 3 is 2.45 bits per heavy atom. The number of rotatable bonds is 3. The summed E-state index contributed by atoms with van der Waals surface area (Å²) in [6, 6.07) is 0. The summed E-state index contributed by atoms with van der Waals surface area (Å²) in [6.45, 7) is 4.46. The molecule has 0 spiro atoms. The molecule has 2 rings (SSSR count). The molecule has 20 heavy (non-hydrogen) atoms. The van der Waals surface area contributed by atoms with Gasteiger partial charge in [-0.25, -0.2) is 0 Å². The van der Waals surface area contributed by atoms with Crippen LogP contribution in [0, 0.1) is 17.3 Å². The van der Waals surface area contributed by atoms with Crippen molar-refractivity contribution in [3.63, 3.8) is 0 Å². The van der Waals surface area contributed by atoms with Gasteiger partial charge in [-0.2, -0.15) is 0 Å². The van der Waals surface area contributed by atoms with Crippen molar-refractivity contribution in [2.75, 3.05) is 0 Å². The highest BCUT2D eigenvalue weighted by Crippen LogP contribution is 2.37. The molecule has 0 aromatic carbocycles. The van der Waals surface area contributed by atoms with E-state index in [1.807, 2.05) is 6.08 Å². The molecule has 0 amide bonds. The summed E-state index contributed by atoms with van der Waals surface area (Å²) in [5.74, 6) is -2.51. The maximum Gasteiger partial charge on any atom is 0.313 e. The van der Waals surface area contributed by atoms with E-state index in [4.69, 9.17) is 4.74 Å². The van der Waals surface area contributed by atoms with Crippen molar-refractivity contribution in [2.45, 2.75) is 58.5 Å². The third-order valence-electron chi connectivity index (χ3n) is 4.58. The molecule has 4 heteroatoms. The first-order valence-corrected chi connectivity index (χ1v) is 7.49. The Morgan fingerprint density at radius 2 is 1.85 bits per heavy atom. The fraction of sp³-hybridized carbons (Fsp3) is 0.750. The minimum Gasteiger partial charge on any atom is -0.481 e. The summed E-state index contributed by atoms with van der Waals surface area (Å²) in [6.07, 6.45) is 8.65. The number of hydrogen-bond donors (Lipinski definition) is 1. The van der Waals surface area contributed by atoms with Gasteiger partial charge in [0.1, 0.15) is 6.10 Å². The van der Waals surface area contributed by atoms with E-state index in [1.165, 1.54) is 0 Å². The standard InChI is InChI=1S/C16H24O4/c1-16(2)9-7-11(8-10-16)20-15(19)13-6-4-3-5-12(13)14(17)18/h4,6,11-13H,3,5,7-10H2,1-2H3,(H,17,18). The van der Waals surface area contributed by atoms with E-state index >= 15 is 0 Å². The lowest BCUT2D eigenvalue weighted by Gasteiger charge is -2.34. The first-order chi connectivity index (χ1) is 9.39. The lowest BCUT2D eigenvalue weighted by Crippen LogP contribution is -2.35. The van der Waals surface area contributed by atoms with Crippen LogP contribution in [0.15, 0.2) is 12.2 Å². The second kappa shape index (κ2) is 5.98. The van der Waals surface area contributed by atoms with Crippen molar-refractivity contribution in [1.82, 2.24) is 0 Å². The Labute approximate surface area is 120 Å². The largest absolute Gasteiger partial charge is 0.481 e. The molecule has 1 fully saturated rings. The maximum absolute atomic E-state index is 12.2. The molecule has 0 aromatic rings. The molecule has 1 N–H and O–H groups in total. The van der Waals surface area contributed by atoms with Gasteiger partial charge in [0.2, 0.25) is 0 Å². The smallest absolute Gasteiger partial charge is 0.313 e. The normalized spacial score (nSPS) is 29.9.